The van der Waals surface area contributed by atoms with Gasteiger partial charge >= 0.3 is 6.18 Å². The van der Waals surface area contributed by atoms with Crippen LogP contribution in [0.15, 0.2) is 53.9 Å². The molecule has 0 saturated heterocycles. The van der Waals surface area contributed by atoms with Gasteiger partial charge in [0.25, 0.3) is 0 Å². The number of halogens is 3. The number of carbonyl (C=O) groups is 1. The van der Waals surface area contributed by atoms with E-state index in [4.69, 9.17) is 9.47 Å². The second-order valence-corrected chi connectivity index (χ2v) is 7.80. The van der Waals surface area contributed by atoms with Crippen molar-refractivity contribution in [3.05, 3.63) is 75.5 Å². The number of hydrogen-bond donors (Lipinski definition) is 1. The van der Waals surface area contributed by atoms with E-state index in [1.807, 2.05) is 17.5 Å². The van der Waals surface area contributed by atoms with Gasteiger partial charge in [0.1, 0.15) is 6.61 Å². The lowest BCUT2D eigenvalue weighted by molar-refractivity contribution is -0.138. The van der Waals surface area contributed by atoms with Gasteiger partial charge in [-0.25, -0.2) is 0 Å². The number of amides is 1. The lowest BCUT2D eigenvalue weighted by Gasteiger charge is -2.23. The Balaban J connectivity index is 1.59. The summed E-state index contributed by atoms with van der Waals surface area (Å²) in [5, 5.41) is 4.79. The van der Waals surface area contributed by atoms with Gasteiger partial charge in [-0.15, -0.1) is 11.3 Å². The second-order valence-electron chi connectivity index (χ2n) is 6.86. The molecule has 1 aliphatic heterocycles. The summed E-state index contributed by atoms with van der Waals surface area (Å²) in [5.74, 6) is 0.572. The lowest BCUT2D eigenvalue weighted by atomic mass is 9.90. The third kappa shape index (κ3) is 4.00. The van der Waals surface area contributed by atoms with Crippen molar-refractivity contribution in [2.45, 2.75) is 25.1 Å². The molecule has 0 radical (unpaired) electrons. The molecule has 1 aliphatic rings. The smallest absolute Gasteiger partial charge is 0.416 e. The van der Waals surface area contributed by atoms with Crippen LogP contribution in [0.3, 0.4) is 0 Å². The van der Waals surface area contributed by atoms with Crippen LogP contribution in [0.2, 0.25) is 0 Å². The number of carbonyl (C=O) groups excluding carboxylic acids is 1. The Morgan fingerprint density at radius 2 is 1.93 bits per heavy atom. The number of alkyl halides is 3. The van der Waals surface area contributed by atoms with E-state index in [0.717, 1.165) is 22.2 Å². The molecule has 0 bridgehead atoms. The Hall–Kier alpha value is -3.00. The fourth-order valence-corrected chi connectivity index (χ4v) is 4.52. The number of thiophene rings is 1. The quantitative estimate of drug-likeness (QED) is 0.551. The highest BCUT2D eigenvalue weighted by molar-refractivity contribution is 7.10. The molecule has 0 saturated carbocycles. The minimum absolute atomic E-state index is 0.0447. The Bertz CT molecular complexity index is 1080. The minimum atomic E-state index is -4.45. The Morgan fingerprint density at radius 3 is 2.70 bits per heavy atom. The third-order valence-corrected chi connectivity index (χ3v) is 6.00. The first-order valence-corrected chi connectivity index (χ1v) is 10.1. The van der Waals surface area contributed by atoms with Gasteiger partial charge < -0.3 is 14.8 Å². The molecule has 1 aromatic heterocycles. The van der Waals surface area contributed by atoms with Gasteiger partial charge in [-0.1, -0.05) is 24.3 Å². The summed E-state index contributed by atoms with van der Waals surface area (Å²) in [6.45, 7) is -0.244. The molecule has 2 heterocycles. The van der Waals surface area contributed by atoms with Crippen LogP contribution in [0.4, 0.5) is 18.9 Å². The summed E-state index contributed by atoms with van der Waals surface area (Å²) in [7, 11) is 1.47. The highest BCUT2D eigenvalue weighted by Crippen LogP contribution is 2.43. The zero-order valence-corrected chi connectivity index (χ0v) is 16.8. The van der Waals surface area contributed by atoms with E-state index in [2.05, 4.69) is 5.32 Å². The minimum Gasteiger partial charge on any atom is -0.493 e. The number of methoxy groups -OCH3 is 1. The van der Waals surface area contributed by atoms with E-state index in [9.17, 15) is 18.0 Å². The molecule has 1 N–H and O–H groups in total. The van der Waals surface area contributed by atoms with E-state index < -0.39 is 11.7 Å². The number of ether oxygens (including phenoxy) is 2. The number of rotatable bonds is 5. The maximum absolute atomic E-state index is 13.2. The normalized spacial score (nSPS) is 16.0. The molecule has 4 rings (SSSR count). The maximum Gasteiger partial charge on any atom is 0.416 e. The number of anilines is 1. The summed E-state index contributed by atoms with van der Waals surface area (Å²) < 4.78 is 50.7. The predicted octanol–water partition coefficient (Wildman–Crippen LogP) is 5.83. The number of fused-ring (bicyclic) bond motifs is 1. The molecule has 4 nitrogen and oxygen atoms in total. The van der Waals surface area contributed by atoms with Gasteiger partial charge in [0.05, 0.1) is 18.4 Å². The molecule has 1 atom stereocenters. The van der Waals surface area contributed by atoms with Crippen LogP contribution in [0.5, 0.6) is 11.5 Å². The largest absolute Gasteiger partial charge is 0.493 e. The van der Waals surface area contributed by atoms with Gasteiger partial charge in [-0.2, -0.15) is 13.2 Å². The molecule has 2 aromatic carbocycles. The van der Waals surface area contributed by atoms with Crippen molar-refractivity contribution >= 4 is 22.9 Å². The van der Waals surface area contributed by atoms with Crippen molar-refractivity contribution in [1.82, 2.24) is 0 Å². The van der Waals surface area contributed by atoms with E-state index >= 15 is 0 Å². The van der Waals surface area contributed by atoms with E-state index in [0.29, 0.717) is 17.9 Å². The molecule has 1 unspecified atom stereocenters. The fourth-order valence-electron chi connectivity index (χ4n) is 3.54. The lowest BCUT2D eigenvalue weighted by Crippen LogP contribution is -2.22. The molecule has 0 spiro atoms. The summed E-state index contributed by atoms with van der Waals surface area (Å²) in [4.78, 5) is 13.1. The molecular weight excluding hydrogens is 415 g/mol. The molecule has 8 heteroatoms. The van der Waals surface area contributed by atoms with Gasteiger partial charge in [0.2, 0.25) is 5.91 Å². The monoisotopic (exact) mass is 433 g/mol. The topological polar surface area (TPSA) is 47.6 Å². The van der Waals surface area contributed by atoms with Crippen molar-refractivity contribution in [2.75, 3.05) is 12.4 Å². The number of benzene rings is 2. The average Bonchev–Trinajstić information content (AvgIpc) is 3.19. The predicted molar refractivity (Wildman–Crippen MR) is 108 cm³/mol. The molecule has 3 aromatic rings. The van der Waals surface area contributed by atoms with Gasteiger partial charge in [-0.3, -0.25) is 4.79 Å². The van der Waals surface area contributed by atoms with Crippen LogP contribution in [0.1, 0.15) is 33.9 Å². The van der Waals surface area contributed by atoms with Crippen molar-refractivity contribution in [3.63, 3.8) is 0 Å². The fraction of sp³-hybridized carbons (Fsp3) is 0.227. The molecular formula is C22H18F3NO3S. The SMILES string of the molecule is COc1cc(C2CC(=O)Nc3ccsc32)ccc1OCc1ccccc1C(F)(F)F. The first-order chi connectivity index (χ1) is 14.4. The number of hydrogen-bond acceptors (Lipinski definition) is 4. The van der Waals surface area contributed by atoms with Crippen LogP contribution < -0.4 is 14.8 Å². The second kappa shape index (κ2) is 8.02. The van der Waals surface area contributed by atoms with E-state index in [-0.39, 0.29) is 24.0 Å². The highest BCUT2D eigenvalue weighted by Gasteiger charge is 2.33. The van der Waals surface area contributed by atoms with Crippen molar-refractivity contribution in [3.8, 4) is 11.5 Å². The Morgan fingerprint density at radius 1 is 1.13 bits per heavy atom. The molecule has 30 heavy (non-hydrogen) atoms. The number of nitrogens with one attached hydrogen (secondary N) is 1. The van der Waals surface area contributed by atoms with E-state index in [1.165, 1.54) is 19.2 Å². The molecule has 0 fully saturated rings. The van der Waals surface area contributed by atoms with Crippen LogP contribution in [-0.4, -0.2) is 13.0 Å². The summed E-state index contributed by atoms with van der Waals surface area (Å²) in [6.07, 6.45) is -4.14. The summed E-state index contributed by atoms with van der Waals surface area (Å²) in [6, 6.07) is 12.5. The molecule has 156 valence electrons. The van der Waals surface area contributed by atoms with Gasteiger partial charge in [0, 0.05) is 22.8 Å². The highest BCUT2D eigenvalue weighted by atomic mass is 32.1. The summed E-state index contributed by atoms with van der Waals surface area (Å²) >= 11 is 1.57. The summed E-state index contributed by atoms with van der Waals surface area (Å²) in [5.41, 5.74) is 1.01. The first-order valence-electron chi connectivity index (χ1n) is 9.20. The van der Waals surface area contributed by atoms with Crippen LogP contribution in [0, 0.1) is 0 Å². The third-order valence-electron chi connectivity index (χ3n) is 4.97. The van der Waals surface area contributed by atoms with Crippen LogP contribution in [-0.2, 0) is 17.6 Å². The van der Waals surface area contributed by atoms with Crippen molar-refractivity contribution in [2.24, 2.45) is 0 Å². The van der Waals surface area contributed by atoms with Gasteiger partial charge in [-0.05, 0) is 35.2 Å². The first kappa shape index (κ1) is 20.3. The van der Waals surface area contributed by atoms with Gasteiger partial charge in [0.15, 0.2) is 11.5 Å². The maximum atomic E-state index is 13.2. The van der Waals surface area contributed by atoms with Crippen LogP contribution >= 0.6 is 11.3 Å². The average molecular weight is 433 g/mol. The van der Waals surface area contributed by atoms with Crippen LogP contribution in [0.25, 0.3) is 0 Å². The Labute approximate surface area is 175 Å². The molecule has 0 aliphatic carbocycles. The van der Waals surface area contributed by atoms with Crippen molar-refractivity contribution in [1.29, 1.82) is 0 Å². The zero-order chi connectivity index (χ0) is 21.3. The zero-order valence-electron chi connectivity index (χ0n) is 16.0. The van der Waals surface area contributed by atoms with Crippen molar-refractivity contribution < 1.29 is 27.4 Å². The van der Waals surface area contributed by atoms with E-state index in [1.54, 1.807) is 29.5 Å². The Kier molecular flexibility index (Phi) is 5.42. The standard InChI is InChI=1S/C22H18F3NO3S/c1-28-19-10-13(15-11-20(27)26-17-8-9-30-21(15)17)6-7-18(19)29-12-14-4-2-3-5-16(14)22(23,24)25/h2-10,15H,11-12H2,1H3,(H,26,27). The molecule has 1 amide bonds.